The standard InChI is InChI=1S/C18H23NO4/c1-22-16(20)15(14-10-18(11-14)8-5-9-18)19-17(21)23-12-13-6-3-2-4-7-13/h2-4,6-7,14-15H,5,8-12H2,1H3,(H,19,21)/t15-/m0/s1. The average molecular weight is 317 g/mol. The molecule has 1 N–H and O–H groups in total. The lowest BCUT2D eigenvalue weighted by Crippen LogP contribution is -2.55. The average Bonchev–Trinajstić information content (AvgIpc) is 2.49. The molecule has 3 rings (SSSR count). The first-order valence-electron chi connectivity index (χ1n) is 8.17. The molecule has 5 nitrogen and oxygen atoms in total. The third kappa shape index (κ3) is 3.49. The van der Waals surface area contributed by atoms with Crippen LogP contribution in [0.4, 0.5) is 4.79 Å². The highest BCUT2D eigenvalue weighted by atomic mass is 16.6. The van der Waals surface area contributed by atoms with Crippen molar-refractivity contribution in [3.05, 3.63) is 35.9 Å². The zero-order valence-corrected chi connectivity index (χ0v) is 13.4. The molecule has 1 atom stereocenters. The van der Waals surface area contributed by atoms with Gasteiger partial charge in [-0.3, -0.25) is 0 Å². The summed E-state index contributed by atoms with van der Waals surface area (Å²) in [6.45, 7) is 0.190. The third-order valence-corrected chi connectivity index (χ3v) is 5.22. The van der Waals surface area contributed by atoms with Crippen LogP contribution in [0.5, 0.6) is 0 Å². The largest absolute Gasteiger partial charge is 0.467 e. The van der Waals surface area contributed by atoms with E-state index in [9.17, 15) is 9.59 Å². The van der Waals surface area contributed by atoms with E-state index in [1.807, 2.05) is 30.3 Å². The van der Waals surface area contributed by atoms with E-state index in [4.69, 9.17) is 9.47 Å². The second-order valence-electron chi connectivity index (χ2n) is 6.73. The van der Waals surface area contributed by atoms with Crippen LogP contribution in [0.3, 0.4) is 0 Å². The molecule has 0 unspecified atom stereocenters. The summed E-state index contributed by atoms with van der Waals surface area (Å²) in [6.07, 6.45) is 5.18. The van der Waals surface area contributed by atoms with Crippen LogP contribution in [0, 0.1) is 11.3 Å². The number of rotatable bonds is 5. The van der Waals surface area contributed by atoms with Crippen molar-refractivity contribution in [2.75, 3.05) is 7.11 Å². The molecule has 124 valence electrons. The van der Waals surface area contributed by atoms with Gasteiger partial charge in [-0.1, -0.05) is 36.8 Å². The van der Waals surface area contributed by atoms with Crippen LogP contribution in [0.1, 0.15) is 37.7 Å². The molecule has 1 aromatic carbocycles. The number of carbonyl (C=O) groups excluding carboxylic acids is 2. The minimum atomic E-state index is -0.602. The van der Waals surface area contributed by atoms with Crippen LogP contribution in [-0.2, 0) is 20.9 Å². The van der Waals surface area contributed by atoms with Gasteiger partial charge in [0, 0.05) is 0 Å². The molecular weight excluding hydrogens is 294 g/mol. The van der Waals surface area contributed by atoms with Gasteiger partial charge >= 0.3 is 12.1 Å². The lowest BCUT2D eigenvalue weighted by atomic mass is 9.50. The van der Waals surface area contributed by atoms with Crippen molar-refractivity contribution in [1.82, 2.24) is 5.32 Å². The summed E-state index contributed by atoms with van der Waals surface area (Å²) in [4.78, 5) is 24.0. The minimum absolute atomic E-state index is 0.159. The zero-order valence-electron chi connectivity index (χ0n) is 13.4. The molecule has 1 spiro atoms. The predicted molar refractivity (Wildman–Crippen MR) is 84.6 cm³/mol. The number of ether oxygens (including phenoxy) is 2. The number of carbonyl (C=O) groups is 2. The highest BCUT2D eigenvalue weighted by Gasteiger charge is 2.52. The van der Waals surface area contributed by atoms with E-state index in [0.29, 0.717) is 5.41 Å². The smallest absolute Gasteiger partial charge is 0.408 e. The molecule has 1 amide bonds. The second kappa shape index (κ2) is 6.60. The van der Waals surface area contributed by atoms with Gasteiger partial charge in [0.05, 0.1) is 7.11 Å². The monoisotopic (exact) mass is 317 g/mol. The molecular formula is C18H23NO4. The molecule has 0 bridgehead atoms. The van der Waals surface area contributed by atoms with Gasteiger partial charge in [-0.05, 0) is 42.6 Å². The van der Waals surface area contributed by atoms with E-state index >= 15 is 0 Å². The predicted octanol–water partition coefficient (Wildman–Crippen LogP) is 3.03. The first-order valence-corrected chi connectivity index (χ1v) is 8.17. The number of methoxy groups -OCH3 is 1. The summed E-state index contributed by atoms with van der Waals surface area (Å²) in [5.74, 6) is -0.229. The van der Waals surface area contributed by atoms with E-state index in [0.717, 1.165) is 18.4 Å². The molecule has 0 heterocycles. The Morgan fingerprint density at radius 1 is 1.26 bits per heavy atom. The first kappa shape index (κ1) is 15.8. The Morgan fingerprint density at radius 3 is 2.52 bits per heavy atom. The summed E-state index contributed by atoms with van der Waals surface area (Å²) < 4.78 is 10.0. The summed E-state index contributed by atoms with van der Waals surface area (Å²) in [5, 5.41) is 2.69. The number of hydrogen-bond donors (Lipinski definition) is 1. The summed E-state index contributed by atoms with van der Waals surface area (Å²) in [7, 11) is 1.35. The fraction of sp³-hybridized carbons (Fsp3) is 0.556. The molecule has 0 aromatic heterocycles. The number of benzene rings is 1. The van der Waals surface area contributed by atoms with Crippen molar-refractivity contribution in [2.24, 2.45) is 11.3 Å². The van der Waals surface area contributed by atoms with Crippen LogP contribution >= 0.6 is 0 Å². The second-order valence-corrected chi connectivity index (χ2v) is 6.73. The normalized spacial score (nSPS) is 20.0. The van der Waals surface area contributed by atoms with E-state index in [-0.39, 0.29) is 18.5 Å². The summed E-state index contributed by atoms with van der Waals surface area (Å²) in [5.41, 5.74) is 1.35. The quantitative estimate of drug-likeness (QED) is 0.848. The Kier molecular flexibility index (Phi) is 4.55. The van der Waals surface area contributed by atoms with Gasteiger partial charge in [0.15, 0.2) is 0 Å². The highest BCUT2D eigenvalue weighted by molar-refractivity contribution is 5.81. The number of amides is 1. The Morgan fingerprint density at radius 2 is 1.96 bits per heavy atom. The molecule has 0 saturated heterocycles. The molecule has 1 aromatic rings. The molecule has 2 aliphatic rings. The maximum atomic E-state index is 12.0. The van der Waals surface area contributed by atoms with Crippen LogP contribution in [0.15, 0.2) is 30.3 Å². The van der Waals surface area contributed by atoms with Gasteiger partial charge in [-0.25, -0.2) is 9.59 Å². The molecule has 5 heteroatoms. The van der Waals surface area contributed by atoms with E-state index in [1.165, 1.54) is 26.4 Å². The van der Waals surface area contributed by atoms with Gasteiger partial charge in [0.1, 0.15) is 12.6 Å². The van der Waals surface area contributed by atoms with Crippen molar-refractivity contribution in [3.8, 4) is 0 Å². The molecule has 0 radical (unpaired) electrons. The molecule has 2 aliphatic carbocycles. The van der Waals surface area contributed by atoms with Gasteiger partial charge in [-0.2, -0.15) is 0 Å². The Hall–Kier alpha value is -2.04. The number of hydrogen-bond acceptors (Lipinski definition) is 4. The van der Waals surface area contributed by atoms with Crippen LogP contribution < -0.4 is 5.32 Å². The summed E-state index contributed by atoms with van der Waals surface area (Å²) in [6, 6.07) is 8.86. The lowest BCUT2D eigenvalue weighted by molar-refractivity contribution is -0.149. The van der Waals surface area contributed by atoms with E-state index < -0.39 is 12.1 Å². The maximum absolute atomic E-state index is 12.0. The van der Waals surface area contributed by atoms with Crippen LogP contribution in [-0.4, -0.2) is 25.2 Å². The van der Waals surface area contributed by atoms with Gasteiger partial charge in [0.25, 0.3) is 0 Å². The number of alkyl carbamates (subject to hydrolysis) is 1. The van der Waals surface area contributed by atoms with Crippen molar-refractivity contribution in [1.29, 1.82) is 0 Å². The van der Waals surface area contributed by atoms with Gasteiger partial charge < -0.3 is 14.8 Å². The van der Waals surface area contributed by atoms with E-state index in [2.05, 4.69) is 5.32 Å². The highest BCUT2D eigenvalue weighted by Crippen LogP contribution is 2.59. The van der Waals surface area contributed by atoms with Crippen molar-refractivity contribution in [3.63, 3.8) is 0 Å². The number of nitrogens with one attached hydrogen (secondary N) is 1. The lowest BCUT2D eigenvalue weighted by Gasteiger charge is -2.55. The number of esters is 1. The molecule has 0 aliphatic heterocycles. The zero-order chi connectivity index (χ0) is 16.3. The Labute approximate surface area is 136 Å². The maximum Gasteiger partial charge on any atom is 0.408 e. The van der Waals surface area contributed by atoms with Gasteiger partial charge in [0.2, 0.25) is 0 Å². The molecule has 2 saturated carbocycles. The van der Waals surface area contributed by atoms with Crippen molar-refractivity contribution in [2.45, 2.75) is 44.8 Å². The molecule has 2 fully saturated rings. The SMILES string of the molecule is COC(=O)[C@@H](NC(=O)OCc1ccccc1)C1CC2(CCC2)C1. The van der Waals surface area contributed by atoms with Crippen LogP contribution in [0.2, 0.25) is 0 Å². The fourth-order valence-corrected chi connectivity index (χ4v) is 3.76. The molecule has 23 heavy (non-hydrogen) atoms. The minimum Gasteiger partial charge on any atom is -0.467 e. The van der Waals surface area contributed by atoms with E-state index in [1.54, 1.807) is 0 Å². The fourth-order valence-electron chi connectivity index (χ4n) is 3.76. The third-order valence-electron chi connectivity index (χ3n) is 5.22. The van der Waals surface area contributed by atoms with Crippen LogP contribution in [0.25, 0.3) is 0 Å². The summed E-state index contributed by atoms with van der Waals surface area (Å²) >= 11 is 0. The van der Waals surface area contributed by atoms with Crippen molar-refractivity contribution >= 4 is 12.1 Å². The topological polar surface area (TPSA) is 64.6 Å². The first-order chi connectivity index (χ1) is 11.1. The van der Waals surface area contributed by atoms with Gasteiger partial charge in [-0.15, -0.1) is 0 Å². The van der Waals surface area contributed by atoms with Crippen molar-refractivity contribution < 1.29 is 19.1 Å². The Balaban J connectivity index is 1.51. The Bertz CT molecular complexity index is 560.